The van der Waals surface area contributed by atoms with E-state index in [0.29, 0.717) is 5.92 Å². The van der Waals surface area contributed by atoms with Gasteiger partial charge in [-0.3, -0.25) is 0 Å². The summed E-state index contributed by atoms with van der Waals surface area (Å²) in [6, 6.07) is 0. The van der Waals surface area contributed by atoms with Crippen molar-refractivity contribution in [3.05, 3.63) is 0 Å². The van der Waals surface area contributed by atoms with Gasteiger partial charge < -0.3 is 0 Å². The van der Waals surface area contributed by atoms with Crippen molar-refractivity contribution in [1.82, 2.24) is 0 Å². The van der Waals surface area contributed by atoms with Crippen LogP contribution in [0.4, 0.5) is 0 Å². The van der Waals surface area contributed by atoms with Gasteiger partial charge in [0.15, 0.2) is 0 Å². The largest absolute Gasteiger partial charge is 0.230 e. The van der Waals surface area contributed by atoms with Crippen LogP contribution in [0.3, 0.4) is 0 Å². The van der Waals surface area contributed by atoms with Gasteiger partial charge in [0.05, 0.1) is 5.60 Å². The Morgan fingerprint density at radius 2 is 1.46 bits per heavy atom. The van der Waals surface area contributed by atoms with Gasteiger partial charge in [-0.05, 0) is 40.5 Å². The van der Waals surface area contributed by atoms with Crippen molar-refractivity contribution in [3.63, 3.8) is 0 Å². The zero-order chi connectivity index (χ0) is 10.7. The molecule has 13 heavy (non-hydrogen) atoms. The molecular formula is C11H24O2. The topological polar surface area (TPSA) is 18.5 Å². The maximum absolute atomic E-state index is 5.45. The Hall–Kier alpha value is -0.0800. The van der Waals surface area contributed by atoms with E-state index in [0.717, 1.165) is 6.42 Å². The van der Waals surface area contributed by atoms with Crippen molar-refractivity contribution in [1.29, 1.82) is 0 Å². The van der Waals surface area contributed by atoms with Crippen LogP contribution < -0.4 is 0 Å². The molecule has 0 amide bonds. The standard InChI is InChI=1S/C11H24O2/c1-8-9(2)11(6,7)13-12-10(3,4)5/h9H,8H2,1-7H3. The molecular weight excluding hydrogens is 164 g/mol. The molecule has 0 spiro atoms. The van der Waals surface area contributed by atoms with Crippen LogP contribution >= 0.6 is 0 Å². The van der Waals surface area contributed by atoms with E-state index in [4.69, 9.17) is 9.78 Å². The first-order chi connectivity index (χ1) is 5.69. The number of hydrogen-bond acceptors (Lipinski definition) is 2. The van der Waals surface area contributed by atoms with E-state index in [9.17, 15) is 0 Å². The molecule has 2 heteroatoms. The Morgan fingerprint density at radius 1 is 1.00 bits per heavy atom. The van der Waals surface area contributed by atoms with Gasteiger partial charge in [-0.2, -0.15) is 0 Å². The molecule has 0 radical (unpaired) electrons. The molecule has 0 aliphatic rings. The van der Waals surface area contributed by atoms with Crippen LogP contribution in [-0.2, 0) is 9.78 Å². The SMILES string of the molecule is CCC(C)C(C)(C)OOC(C)(C)C. The van der Waals surface area contributed by atoms with E-state index < -0.39 is 0 Å². The molecule has 0 aromatic carbocycles. The first kappa shape index (κ1) is 12.9. The van der Waals surface area contributed by atoms with Crippen LogP contribution in [0.1, 0.15) is 54.9 Å². The summed E-state index contributed by atoms with van der Waals surface area (Å²) >= 11 is 0. The van der Waals surface area contributed by atoms with Gasteiger partial charge in [-0.15, -0.1) is 0 Å². The lowest BCUT2D eigenvalue weighted by Gasteiger charge is -2.32. The van der Waals surface area contributed by atoms with Crippen LogP contribution in [0.25, 0.3) is 0 Å². The fourth-order valence-electron chi connectivity index (χ4n) is 0.806. The highest BCUT2D eigenvalue weighted by molar-refractivity contribution is 4.73. The van der Waals surface area contributed by atoms with Crippen LogP contribution in [0.2, 0.25) is 0 Å². The molecule has 0 saturated heterocycles. The minimum absolute atomic E-state index is 0.206. The number of rotatable bonds is 4. The molecule has 1 atom stereocenters. The van der Waals surface area contributed by atoms with Gasteiger partial charge in [0.2, 0.25) is 0 Å². The second-order valence-corrected chi connectivity index (χ2v) is 5.19. The lowest BCUT2D eigenvalue weighted by atomic mass is 9.91. The van der Waals surface area contributed by atoms with Gasteiger partial charge in [-0.1, -0.05) is 20.3 Å². The Morgan fingerprint density at radius 3 is 1.77 bits per heavy atom. The third-order valence-electron chi connectivity index (χ3n) is 2.31. The van der Waals surface area contributed by atoms with Crippen molar-refractivity contribution in [3.8, 4) is 0 Å². The number of hydrogen-bond donors (Lipinski definition) is 0. The predicted octanol–water partition coefficient (Wildman–Crippen LogP) is 3.56. The average molecular weight is 188 g/mol. The molecule has 0 bridgehead atoms. The first-order valence-corrected chi connectivity index (χ1v) is 5.06. The minimum Gasteiger partial charge on any atom is -0.230 e. The summed E-state index contributed by atoms with van der Waals surface area (Å²) in [5, 5.41) is 0. The summed E-state index contributed by atoms with van der Waals surface area (Å²) in [7, 11) is 0. The lowest BCUT2D eigenvalue weighted by molar-refractivity contribution is -0.405. The van der Waals surface area contributed by atoms with Crippen LogP contribution in [-0.4, -0.2) is 11.2 Å². The summed E-state index contributed by atoms with van der Waals surface area (Å²) in [6.45, 7) is 14.4. The van der Waals surface area contributed by atoms with Crippen molar-refractivity contribution >= 4 is 0 Å². The molecule has 0 rings (SSSR count). The van der Waals surface area contributed by atoms with E-state index in [1.807, 2.05) is 20.8 Å². The van der Waals surface area contributed by atoms with E-state index in [-0.39, 0.29) is 11.2 Å². The Bertz CT molecular complexity index is 145. The molecule has 0 aliphatic heterocycles. The van der Waals surface area contributed by atoms with Gasteiger partial charge >= 0.3 is 0 Å². The highest BCUT2D eigenvalue weighted by Gasteiger charge is 2.28. The fraction of sp³-hybridized carbons (Fsp3) is 1.00. The maximum atomic E-state index is 5.45. The lowest BCUT2D eigenvalue weighted by Crippen LogP contribution is -2.36. The van der Waals surface area contributed by atoms with Crippen molar-refractivity contribution < 1.29 is 9.78 Å². The van der Waals surface area contributed by atoms with Crippen molar-refractivity contribution in [2.24, 2.45) is 5.92 Å². The average Bonchev–Trinajstić information content (AvgIpc) is 1.98. The maximum Gasteiger partial charge on any atom is 0.101 e. The van der Waals surface area contributed by atoms with Crippen LogP contribution in [0.15, 0.2) is 0 Å². The molecule has 1 unspecified atom stereocenters. The second kappa shape index (κ2) is 4.43. The molecule has 0 N–H and O–H groups in total. The van der Waals surface area contributed by atoms with Crippen LogP contribution in [0.5, 0.6) is 0 Å². The molecule has 0 saturated carbocycles. The third kappa shape index (κ3) is 5.27. The van der Waals surface area contributed by atoms with Gasteiger partial charge in [0.1, 0.15) is 5.60 Å². The summed E-state index contributed by atoms with van der Waals surface area (Å²) in [6.07, 6.45) is 1.10. The minimum atomic E-state index is -0.231. The summed E-state index contributed by atoms with van der Waals surface area (Å²) in [5.41, 5.74) is -0.438. The molecule has 0 heterocycles. The molecule has 0 aliphatic carbocycles. The Kier molecular flexibility index (Phi) is 4.40. The first-order valence-electron chi connectivity index (χ1n) is 5.06. The zero-order valence-electron chi connectivity index (χ0n) is 10.1. The smallest absolute Gasteiger partial charge is 0.101 e. The quantitative estimate of drug-likeness (QED) is 0.496. The molecule has 0 aromatic heterocycles. The van der Waals surface area contributed by atoms with E-state index in [2.05, 4.69) is 27.7 Å². The molecule has 80 valence electrons. The monoisotopic (exact) mass is 188 g/mol. The van der Waals surface area contributed by atoms with E-state index in [1.165, 1.54) is 0 Å². The Labute approximate surface area is 82.5 Å². The second-order valence-electron chi connectivity index (χ2n) is 5.19. The summed E-state index contributed by atoms with van der Waals surface area (Å²) in [5.74, 6) is 0.495. The third-order valence-corrected chi connectivity index (χ3v) is 2.31. The van der Waals surface area contributed by atoms with Gasteiger partial charge in [-0.25, -0.2) is 9.78 Å². The highest BCUT2D eigenvalue weighted by atomic mass is 17.2. The predicted molar refractivity (Wildman–Crippen MR) is 55.5 cm³/mol. The van der Waals surface area contributed by atoms with E-state index >= 15 is 0 Å². The van der Waals surface area contributed by atoms with Crippen LogP contribution in [0, 0.1) is 5.92 Å². The van der Waals surface area contributed by atoms with Crippen molar-refractivity contribution in [2.45, 2.75) is 66.1 Å². The van der Waals surface area contributed by atoms with Gasteiger partial charge in [0.25, 0.3) is 0 Å². The summed E-state index contributed by atoms with van der Waals surface area (Å²) in [4.78, 5) is 10.8. The molecule has 2 nitrogen and oxygen atoms in total. The Balaban J connectivity index is 4.03. The highest BCUT2D eigenvalue weighted by Crippen LogP contribution is 2.25. The fourth-order valence-corrected chi connectivity index (χ4v) is 0.806. The molecule has 0 aromatic rings. The van der Waals surface area contributed by atoms with E-state index in [1.54, 1.807) is 0 Å². The zero-order valence-corrected chi connectivity index (χ0v) is 10.1. The van der Waals surface area contributed by atoms with Gasteiger partial charge in [0, 0.05) is 0 Å². The normalized spacial score (nSPS) is 15.9. The molecule has 0 fully saturated rings. The summed E-state index contributed by atoms with van der Waals surface area (Å²) < 4.78 is 0. The van der Waals surface area contributed by atoms with Crippen molar-refractivity contribution in [2.75, 3.05) is 0 Å².